The molecule has 4 aromatic rings. The zero-order valence-electron chi connectivity index (χ0n) is 23.1. The first-order chi connectivity index (χ1) is 19.7. The summed E-state index contributed by atoms with van der Waals surface area (Å²) in [4.78, 5) is 25.0. The number of aliphatic carboxylic acids is 1. The number of carbonyl (C=O) groups excluding carboxylic acids is 1. The van der Waals surface area contributed by atoms with Gasteiger partial charge in [-0.05, 0) is 66.3 Å². The number of aliphatic hydroxyl groups excluding tert-OH is 2. The van der Waals surface area contributed by atoms with Gasteiger partial charge in [0.25, 0.3) is 5.91 Å². The van der Waals surface area contributed by atoms with Gasteiger partial charge < -0.3 is 25.2 Å². The van der Waals surface area contributed by atoms with Crippen LogP contribution in [0.3, 0.4) is 0 Å². The number of anilines is 1. The van der Waals surface area contributed by atoms with Crippen LogP contribution in [0.25, 0.3) is 22.4 Å². The van der Waals surface area contributed by atoms with Crippen LogP contribution in [0.1, 0.15) is 55.1 Å². The van der Waals surface area contributed by atoms with Gasteiger partial charge in [0, 0.05) is 23.5 Å². The molecule has 2 unspecified atom stereocenters. The van der Waals surface area contributed by atoms with E-state index in [1.165, 1.54) is 12.1 Å². The van der Waals surface area contributed by atoms with Gasteiger partial charge >= 0.3 is 43.7 Å². The molecule has 42 heavy (non-hydrogen) atoms. The van der Waals surface area contributed by atoms with Crippen LogP contribution in [-0.2, 0) is 11.3 Å². The Morgan fingerprint density at radius 3 is 2.02 bits per heavy atom. The normalized spacial score (nSPS) is 12.4. The number of carboxylic acid groups (broad SMARTS) is 1. The van der Waals surface area contributed by atoms with Gasteiger partial charge in [-0.3, -0.25) is 9.59 Å². The number of benzene rings is 3. The van der Waals surface area contributed by atoms with E-state index in [9.17, 15) is 24.2 Å². The SMILES string of the molecule is CC(C)c1c(C(=O)Nc2ccccc2)c(-c2ccccc2)c(-c2ccc(F)cc2)n1CCC(O)CC(O)CC(=O)O.[CaH2]. The third-order valence-corrected chi connectivity index (χ3v) is 6.93. The Balaban J connectivity index is 0.00000484. The van der Waals surface area contributed by atoms with Crippen molar-refractivity contribution in [1.29, 1.82) is 0 Å². The van der Waals surface area contributed by atoms with Crippen molar-refractivity contribution in [2.24, 2.45) is 0 Å². The first kappa shape index (κ1) is 33.5. The Hall–Kier alpha value is -3.01. The number of nitrogens with one attached hydrogen (secondary N) is 1. The summed E-state index contributed by atoms with van der Waals surface area (Å²) in [7, 11) is 0. The maximum absolute atomic E-state index is 14.0. The van der Waals surface area contributed by atoms with Crippen molar-refractivity contribution in [3.8, 4) is 22.4 Å². The molecule has 218 valence electrons. The fourth-order valence-electron chi connectivity index (χ4n) is 5.20. The molecule has 3 aromatic carbocycles. The summed E-state index contributed by atoms with van der Waals surface area (Å²) < 4.78 is 16.0. The molecule has 0 saturated heterocycles. The molecule has 0 spiro atoms. The van der Waals surface area contributed by atoms with E-state index in [0.717, 1.165) is 11.3 Å². The van der Waals surface area contributed by atoms with Crippen molar-refractivity contribution in [3.05, 3.63) is 102 Å². The van der Waals surface area contributed by atoms with Crippen LogP contribution in [0.2, 0.25) is 0 Å². The Morgan fingerprint density at radius 2 is 1.45 bits per heavy atom. The molecule has 0 saturated carbocycles. The van der Waals surface area contributed by atoms with Gasteiger partial charge in [0.15, 0.2) is 0 Å². The first-order valence-corrected chi connectivity index (χ1v) is 13.7. The van der Waals surface area contributed by atoms with Gasteiger partial charge in [0.05, 0.1) is 29.9 Å². The second-order valence-electron chi connectivity index (χ2n) is 10.4. The van der Waals surface area contributed by atoms with Crippen molar-refractivity contribution >= 4 is 55.3 Å². The summed E-state index contributed by atoms with van der Waals surface area (Å²) in [5.74, 6) is -1.93. The summed E-state index contributed by atoms with van der Waals surface area (Å²) in [6.45, 7) is 4.25. The number of rotatable bonds is 12. The molecule has 0 aliphatic carbocycles. The molecular formula is C33H37CaFN2O5. The topological polar surface area (TPSA) is 112 Å². The quantitative estimate of drug-likeness (QED) is 0.163. The minimum atomic E-state index is -1.18. The standard InChI is InChI=1S/C33H35FN2O5.Ca.2H/c1-21(2)31-30(33(41)35-25-11-7-4-8-12-25)29(22-9-5-3-6-10-22)32(23-13-15-24(34)16-14-23)36(31)18-17-26(37)19-27(38)20-28(39)40;;;/h3-16,21,26-27,37-38H,17-20H2,1-2H3,(H,35,41)(H,39,40);;;. The number of hydrogen-bond acceptors (Lipinski definition) is 4. The molecule has 4 rings (SSSR count). The van der Waals surface area contributed by atoms with E-state index in [0.29, 0.717) is 28.1 Å². The van der Waals surface area contributed by atoms with Crippen LogP contribution in [0.4, 0.5) is 10.1 Å². The maximum atomic E-state index is 14.0. The third kappa shape index (κ3) is 8.30. The number of para-hydroxylation sites is 1. The Morgan fingerprint density at radius 1 is 0.857 bits per heavy atom. The van der Waals surface area contributed by atoms with E-state index in [1.54, 1.807) is 12.1 Å². The van der Waals surface area contributed by atoms with Gasteiger partial charge in [-0.25, -0.2) is 4.39 Å². The summed E-state index contributed by atoms with van der Waals surface area (Å²) in [5.41, 5.74) is 4.77. The predicted molar refractivity (Wildman–Crippen MR) is 166 cm³/mol. The van der Waals surface area contributed by atoms with E-state index in [1.807, 2.05) is 79.1 Å². The Labute approximate surface area is 275 Å². The molecule has 0 aliphatic rings. The monoisotopic (exact) mass is 600 g/mol. The van der Waals surface area contributed by atoms with Gasteiger partial charge in [-0.1, -0.05) is 62.4 Å². The molecule has 9 heteroatoms. The van der Waals surface area contributed by atoms with Crippen molar-refractivity contribution < 1.29 is 29.3 Å². The van der Waals surface area contributed by atoms with Gasteiger partial charge in [-0.15, -0.1) is 0 Å². The average Bonchev–Trinajstić information content (AvgIpc) is 3.28. The molecule has 1 amide bonds. The van der Waals surface area contributed by atoms with Crippen molar-refractivity contribution in [1.82, 2.24) is 4.57 Å². The van der Waals surface area contributed by atoms with Crippen molar-refractivity contribution in [2.45, 2.75) is 57.8 Å². The second-order valence-corrected chi connectivity index (χ2v) is 10.4. The van der Waals surface area contributed by atoms with Crippen LogP contribution in [-0.4, -0.2) is 81.7 Å². The number of halogens is 1. The van der Waals surface area contributed by atoms with E-state index >= 15 is 0 Å². The van der Waals surface area contributed by atoms with E-state index in [4.69, 9.17) is 5.11 Å². The van der Waals surface area contributed by atoms with Crippen LogP contribution < -0.4 is 5.32 Å². The third-order valence-electron chi connectivity index (χ3n) is 6.93. The predicted octanol–water partition coefficient (Wildman–Crippen LogP) is 5.40. The van der Waals surface area contributed by atoms with Crippen LogP contribution in [0.5, 0.6) is 0 Å². The van der Waals surface area contributed by atoms with Crippen molar-refractivity contribution in [3.63, 3.8) is 0 Å². The number of aliphatic hydroxyl groups is 2. The van der Waals surface area contributed by atoms with E-state index < -0.39 is 24.6 Å². The average molecular weight is 601 g/mol. The first-order valence-electron chi connectivity index (χ1n) is 13.7. The summed E-state index contributed by atoms with van der Waals surface area (Å²) in [6, 6.07) is 24.8. The van der Waals surface area contributed by atoms with Crippen LogP contribution in [0.15, 0.2) is 84.9 Å². The Kier molecular flexibility index (Phi) is 12.3. The molecule has 0 fully saturated rings. The van der Waals surface area contributed by atoms with Crippen LogP contribution >= 0.6 is 0 Å². The van der Waals surface area contributed by atoms with Crippen molar-refractivity contribution in [2.75, 3.05) is 5.32 Å². The fourth-order valence-corrected chi connectivity index (χ4v) is 5.20. The van der Waals surface area contributed by atoms with E-state index in [-0.39, 0.29) is 74.8 Å². The molecule has 0 bridgehead atoms. The summed E-state index contributed by atoms with van der Waals surface area (Å²) in [5, 5.41) is 32.8. The molecule has 0 radical (unpaired) electrons. The van der Waals surface area contributed by atoms with Crippen LogP contribution in [0, 0.1) is 5.82 Å². The number of aromatic nitrogens is 1. The molecule has 1 heterocycles. The zero-order valence-corrected chi connectivity index (χ0v) is 23.1. The Bertz CT molecular complexity index is 1470. The summed E-state index contributed by atoms with van der Waals surface area (Å²) in [6.07, 6.45) is -2.51. The number of carbonyl (C=O) groups is 2. The van der Waals surface area contributed by atoms with Gasteiger partial charge in [0.2, 0.25) is 0 Å². The number of hydrogen-bond donors (Lipinski definition) is 4. The molecular weight excluding hydrogens is 563 g/mol. The van der Waals surface area contributed by atoms with Gasteiger partial charge in [0.1, 0.15) is 5.82 Å². The molecule has 2 atom stereocenters. The molecule has 4 N–H and O–H groups in total. The second kappa shape index (κ2) is 15.5. The van der Waals surface area contributed by atoms with E-state index in [2.05, 4.69) is 5.32 Å². The van der Waals surface area contributed by atoms with Gasteiger partial charge in [-0.2, -0.15) is 0 Å². The summed E-state index contributed by atoms with van der Waals surface area (Å²) >= 11 is 0. The minimum absolute atomic E-state index is 0. The molecule has 7 nitrogen and oxygen atoms in total. The molecule has 1 aromatic heterocycles. The number of carboxylic acids is 1. The zero-order chi connectivity index (χ0) is 29.5. The molecule has 0 aliphatic heterocycles. The number of amides is 1. The number of nitrogens with zero attached hydrogens (tertiary/aromatic N) is 1. The fraction of sp³-hybridized carbons (Fsp3) is 0.273.